The third kappa shape index (κ3) is 7.34. The molecule has 0 radical (unpaired) electrons. The van der Waals surface area contributed by atoms with Gasteiger partial charge in [0.05, 0.1) is 22.6 Å². The molecule has 0 saturated carbocycles. The molecule has 154 valence electrons. The minimum absolute atomic E-state index is 0.0753. The smallest absolute Gasteiger partial charge is 0.367 e. The molecule has 0 aliphatic carbocycles. The van der Waals surface area contributed by atoms with Gasteiger partial charge in [-0.2, -0.15) is 13.2 Å². The van der Waals surface area contributed by atoms with Crippen molar-refractivity contribution in [2.75, 3.05) is 12.4 Å². The predicted octanol–water partition coefficient (Wildman–Crippen LogP) is 4.92. The van der Waals surface area contributed by atoms with Gasteiger partial charge in [-0.05, 0) is 23.3 Å². The third-order valence-corrected chi connectivity index (χ3v) is 6.01. The SMILES string of the molecule is O=C(CSCc1nc2ccccc2s1)NCc1ccc(COCC(F)(F)F)cc1. The fourth-order valence-electron chi connectivity index (χ4n) is 2.50. The van der Waals surface area contributed by atoms with Crippen LogP contribution in [-0.2, 0) is 28.4 Å². The number of hydrogen-bond donors (Lipinski definition) is 1. The molecule has 1 N–H and O–H groups in total. The van der Waals surface area contributed by atoms with E-state index < -0.39 is 12.8 Å². The maximum atomic E-state index is 12.1. The zero-order valence-corrected chi connectivity index (χ0v) is 17.0. The lowest BCUT2D eigenvalue weighted by molar-refractivity contribution is -0.176. The third-order valence-electron chi connectivity index (χ3n) is 3.84. The van der Waals surface area contributed by atoms with E-state index in [0.717, 1.165) is 20.8 Å². The number of nitrogens with one attached hydrogen (secondary N) is 1. The summed E-state index contributed by atoms with van der Waals surface area (Å²) < 4.78 is 41.9. The Kier molecular flexibility index (Phi) is 7.51. The monoisotopic (exact) mass is 440 g/mol. The quantitative estimate of drug-likeness (QED) is 0.513. The fraction of sp³-hybridized carbons (Fsp3) is 0.300. The van der Waals surface area contributed by atoms with Crippen LogP contribution in [-0.4, -0.2) is 29.4 Å². The Morgan fingerprint density at radius 2 is 1.83 bits per heavy atom. The van der Waals surface area contributed by atoms with E-state index >= 15 is 0 Å². The molecule has 0 atom stereocenters. The number of ether oxygens (including phenoxy) is 1. The zero-order valence-electron chi connectivity index (χ0n) is 15.4. The lowest BCUT2D eigenvalue weighted by atomic mass is 10.1. The Morgan fingerprint density at radius 3 is 2.55 bits per heavy atom. The van der Waals surface area contributed by atoms with E-state index in [0.29, 0.717) is 23.6 Å². The van der Waals surface area contributed by atoms with Crippen LogP contribution >= 0.6 is 23.1 Å². The molecule has 1 aromatic heterocycles. The van der Waals surface area contributed by atoms with Gasteiger partial charge in [0, 0.05) is 12.3 Å². The number of aromatic nitrogens is 1. The Labute approximate surface area is 174 Å². The van der Waals surface area contributed by atoms with Crippen LogP contribution in [0.4, 0.5) is 13.2 Å². The number of hydrogen-bond acceptors (Lipinski definition) is 5. The van der Waals surface area contributed by atoms with Gasteiger partial charge >= 0.3 is 6.18 Å². The number of para-hydroxylation sites is 1. The molecule has 0 aliphatic rings. The van der Waals surface area contributed by atoms with Crippen molar-refractivity contribution in [1.29, 1.82) is 0 Å². The average Bonchev–Trinajstić information content (AvgIpc) is 3.09. The van der Waals surface area contributed by atoms with Gasteiger partial charge in [-0.3, -0.25) is 4.79 Å². The highest BCUT2D eigenvalue weighted by Gasteiger charge is 2.27. The number of alkyl halides is 3. The van der Waals surface area contributed by atoms with Gasteiger partial charge < -0.3 is 10.1 Å². The topological polar surface area (TPSA) is 51.2 Å². The molecule has 3 rings (SSSR count). The van der Waals surface area contributed by atoms with Gasteiger partial charge in [0.1, 0.15) is 11.6 Å². The molecule has 0 saturated heterocycles. The first kappa shape index (κ1) is 21.6. The number of thiazole rings is 1. The van der Waals surface area contributed by atoms with Gasteiger partial charge in [-0.15, -0.1) is 23.1 Å². The minimum atomic E-state index is -4.32. The van der Waals surface area contributed by atoms with Crippen LogP contribution in [0.5, 0.6) is 0 Å². The van der Waals surface area contributed by atoms with Crippen molar-refractivity contribution in [2.45, 2.75) is 25.1 Å². The van der Waals surface area contributed by atoms with Crippen LogP contribution < -0.4 is 5.32 Å². The summed E-state index contributed by atoms with van der Waals surface area (Å²) in [4.78, 5) is 16.5. The summed E-state index contributed by atoms with van der Waals surface area (Å²) in [5.74, 6) is 0.937. The summed E-state index contributed by atoms with van der Waals surface area (Å²) in [5.41, 5.74) is 2.50. The second-order valence-electron chi connectivity index (χ2n) is 6.27. The molecule has 4 nitrogen and oxygen atoms in total. The van der Waals surface area contributed by atoms with Gasteiger partial charge in [-0.1, -0.05) is 36.4 Å². The van der Waals surface area contributed by atoms with Gasteiger partial charge in [0.25, 0.3) is 0 Å². The number of amides is 1. The first-order valence-electron chi connectivity index (χ1n) is 8.80. The second-order valence-corrected chi connectivity index (χ2v) is 8.37. The summed E-state index contributed by atoms with van der Waals surface area (Å²) >= 11 is 3.14. The summed E-state index contributed by atoms with van der Waals surface area (Å²) in [5, 5.41) is 3.83. The average molecular weight is 441 g/mol. The van der Waals surface area contributed by atoms with Crippen LogP contribution in [0.3, 0.4) is 0 Å². The fourth-order valence-corrected chi connectivity index (χ4v) is 4.38. The number of halogens is 3. The predicted molar refractivity (Wildman–Crippen MR) is 110 cm³/mol. The zero-order chi connectivity index (χ0) is 20.7. The normalized spacial score (nSPS) is 11.7. The minimum Gasteiger partial charge on any atom is -0.367 e. The molecule has 3 aromatic rings. The lowest BCUT2D eigenvalue weighted by Crippen LogP contribution is -2.24. The maximum absolute atomic E-state index is 12.1. The van der Waals surface area contributed by atoms with E-state index in [2.05, 4.69) is 15.0 Å². The number of nitrogens with zero attached hydrogens (tertiary/aromatic N) is 1. The van der Waals surface area contributed by atoms with Gasteiger partial charge in [-0.25, -0.2) is 4.98 Å². The second kappa shape index (κ2) is 10.1. The van der Waals surface area contributed by atoms with Crippen LogP contribution in [0.1, 0.15) is 16.1 Å². The van der Waals surface area contributed by atoms with Crippen molar-refractivity contribution in [3.63, 3.8) is 0 Å². The van der Waals surface area contributed by atoms with Crippen LogP contribution in [0.15, 0.2) is 48.5 Å². The molecule has 1 heterocycles. The van der Waals surface area contributed by atoms with E-state index in [1.54, 1.807) is 35.6 Å². The first-order chi connectivity index (χ1) is 13.9. The molecular formula is C20H19F3N2O2S2. The largest absolute Gasteiger partial charge is 0.411 e. The summed E-state index contributed by atoms with van der Waals surface area (Å²) in [6, 6.07) is 14.9. The Morgan fingerprint density at radius 1 is 1.10 bits per heavy atom. The van der Waals surface area contributed by atoms with E-state index in [1.165, 1.54) is 11.8 Å². The van der Waals surface area contributed by atoms with Crippen LogP contribution in [0.2, 0.25) is 0 Å². The summed E-state index contributed by atoms with van der Waals surface area (Å²) in [6.07, 6.45) is -4.32. The van der Waals surface area contributed by atoms with Crippen molar-refractivity contribution >= 4 is 39.2 Å². The number of benzene rings is 2. The molecule has 0 fully saturated rings. The van der Waals surface area contributed by atoms with E-state index in [4.69, 9.17) is 0 Å². The molecule has 29 heavy (non-hydrogen) atoms. The molecule has 0 unspecified atom stereocenters. The van der Waals surface area contributed by atoms with E-state index in [-0.39, 0.29) is 12.5 Å². The summed E-state index contributed by atoms with van der Waals surface area (Å²) in [6.45, 7) is -1.00. The number of carbonyl (C=O) groups excluding carboxylic acids is 1. The molecule has 0 spiro atoms. The van der Waals surface area contributed by atoms with Gasteiger partial charge in [0.2, 0.25) is 5.91 Å². The lowest BCUT2D eigenvalue weighted by Gasteiger charge is -2.09. The Hall–Kier alpha value is -2.10. The van der Waals surface area contributed by atoms with Crippen LogP contribution in [0.25, 0.3) is 10.2 Å². The molecule has 9 heteroatoms. The molecule has 2 aromatic carbocycles. The first-order valence-corrected chi connectivity index (χ1v) is 10.8. The molecule has 1 amide bonds. The summed E-state index contributed by atoms with van der Waals surface area (Å²) in [7, 11) is 0. The number of fused-ring (bicyclic) bond motifs is 1. The Balaban J connectivity index is 1.35. The van der Waals surface area contributed by atoms with Gasteiger partial charge in [0.15, 0.2) is 0 Å². The molecule has 0 bridgehead atoms. The number of carbonyl (C=O) groups is 1. The number of thioether (sulfide) groups is 1. The van der Waals surface area contributed by atoms with Crippen molar-refractivity contribution in [3.05, 3.63) is 64.7 Å². The standard InChI is InChI=1S/C20H19F3N2O2S2/c21-20(22,23)13-27-10-15-7-5-14(6-8-15)9-24-18(26)11-28-12-19-25-16-3-1-2-4-17(16)29-19/h1-8H,9-13H2,(H,24,26). The van der Waals surface area contributed by atoms with Crippen LogP contribution in [0, 0.1) is 0 Å². The maximum Gasteiger partial charge on any atom is 0.411 e. The molecular weight excluding hydrogens is 421 g/mol. The highest BCUT2D eigenvalue weighted by Crippen LogP contribution is 2.24. The van der Waals surface area contributed by atoms with Crippen molar-refractivity contribution in [2.24, 2.45) is 0 Å². The van der Waals surface area contributed by atoms with E-state index in [9.17, 15) is 18.0 Å². The van der Waals surface area contributed by atoms with Crippen molar-refractivity contribution < 1.29 is 22.7 Å². The van der Waals surface area contributed by atoms with E-state index in [1.807, 2.05) is 24.3 Å². The molecule has 0 aliphatic heterocycles. The Bertz CT molecular complexity index is 910. The number of rotatable bonds is 9. The highest BCUT2D eigenvalue weighted by atomic mass is 32.2. The highest BCUT2D eigenvalue weighted by molar-refractivity contribution is 7.99. The van der Waals surface area contributed by atoms with Crippen molar-refractivity contribution in [3.8, 4) is 0 Å². The van der Waals surface area contributed by atoms with Crippen molar-refractivity contribution in [1.82, 2.24) is 10.3 Å².